The molecule has 0 bridgehead atoms. The van der Waals surface area contributed by atoms with Crippen molar-refractivity contribution in [3.8, 4) is 0 Å². The van der Waals surface area contributed by atoms with Gasteiger partial charge in [-0.05, 0) is 38.3 Å². The van der Waals surface area contributed by atoms with Gasteiger partial charge < -0.3 is 4.90 Å². The lowest BCUT2D eigenvalue weighted by Crippen LogP contribution is -2.39. The van der Waals surface area contributed by atoms with Crippen LogP contribution in [0.5, 0.6) is 0 Å². The highest BCUT2D eigenvalue weighted by molar-refractivity contribution is 7.18. The van der Waals surface area contributed by atoms with Crippen molar-refractivity contribution >= 4 is 39.1 Å². The molecular formula is C21H25ClN4OS. The average Bonchev–Trinajstić information content (AvgIpc) is 3.26. The molecule has 1 fully saturated rings. The molecule has 0 N–H and O–H groups in total. The van der Waals surface area contributed by atoms with Gasteiger partial charge in [-0.1, -0.05) is 37.1 Å². The van der Waals surface area contributed by atoms with Crippen molar-refractivity contribution in [2.45, 2.75) is 52.0 Å². The maximum atomic E-state index is 13.2. The molecule has 7 heteroatoms. The number of halogens is 1. The Morgan fingerprint density at radius 3 is 2.96 bits per heavy atom. The summed E-state index contributed by atoms with van der Waals surface area (Å²) in [5.41, 5.74) is 2.32. The van der Waals surface area contributed by atoms with Crippen molar-refractivity contribution in [1.29, 1.82) is 0 Å². The van der Waals surface area contributed by atoms with E-state index in [9.17, 15) is 4.79 Å². The summed E-state index contributed by atoms with van der Waals surface area (Å²) in [5.74, 6) is 0.278. The highest BCUT2D eigenvalue weighted by Gasteiger charge is 2.30. The van der Waals surface area contributed by atoms with Gasteiger partial charge in [-0.2, -0.15) is 5.10 Å². The Morgan fingerprint density at radius 2 is 2.18 bits per heavy atom. The van der Waals surface area contributed by atoms with Gasteiger partial charge in [-0.15, -0.1) is 11.3 Å². The number of carbonyl (C=O) groups is 1. The SMILES string of the molecule is CCCCn1nc(C)c(C(=O)N2CCC[C@@H](c3nc4ccccc4s3)C2)c1Cl. The van der Waals surface area contributed by atoms with Crippen LogP contribution < -0.4 is 0 Å². The summed E-state index contributed by atoms with van der Waals surface area (Å²) in [6.45, 7) is 6.20. The minimum Gasteiger partial charge on any atom is -0.338 e. The van der Waals surface area contributed by atoms with Crippen LogP contribution in [0.25, 0.3) is 10.2 Å². The first-order chi connectivity index (χ1) is 13.6. The number of thiazole rings is 1. The van der Waals surface area contributed by atoms with Crippen LogP contribution in [0.2, 0.25) is 5.15 Å². The number of likely N-dealkylation sites (tertiary alicyclic amines) is 1. The smallest absolute Gasteiger partial charge is 0.258 e. The van der Waals surface area contributed by atoms with Crippen LogP contribution in [0, 0.1) is 6.92 Å². The summed E-state index contributed by atoms with van der Waals surface area (Å²) in [4.78, 5) is 20.0. The van der Waals surface area contributed by atoms with Gasteiger partial charge in [-0.25, -0.2) is 4.98 Å². The van der Waals surface area contributed by atoms with Gasteiger partial charge in [0.25, 0.3) is 5.91 Å². The molecule has 0 unspecified atom stereocenters. The van der Waals surface area contributed by atoms with Crippen molar-refractivity contribution < 1.29 is 4.79 Å². The fourth-order valence-corrected chi connectivity index (χ4v) is 5.27. The zero-order valence-corrected chi connectivity index (χ0v) is 17.9. The van der Waals surface area contributed by atoms with E-state index in [4.69, 9.17) is 16.6 Å². The number of fused-ring (bicyclic) bond motifs is 1. The summed E-state index contributed by atoms with van der Waals surface area (Å²) in [6, 6.07) is 8.22. The summed E-state index contributed by atoms with van der Waals surface area (Å²) < 4.78 is 2.97. The molecule has 1 atom stereocenters. The quantitative estimate of drug-likeness (QED) is 0.568. The summed E-state index contributed by atoms with van der Waals surface area (Å²) >= 11 is 8.27. The number of nitrogens with zero attached hydrogens (tertiary/aromatic N) is 4. The number of benzene rings is 1. The number of amides is 1. The van der Waals surface area contributed by atoms with Crippen LogP contribution in [0.15, 0.2) is 24.3 Å². The van der Waals surface area contributed by atoms with Crippen molar-refractivity contribution in [3.05, 3.63) is 45.7 Å². The Morgan fingerprint density at radius 1 is 1.36 bits per heavy atom. The third kappa shape index (κ3) is 3.67. The van der Waals surface area contributed by atoms with E-state index >= 15 is 0 Å². The molecule has 3 aromatic rings. The van der Waals surface area contributed by atoms with Gasteiger partial charge in [-0.3, -0.25) is 9.48 Å². The van der Waals surface area contributed by atoms with Gasteiger partial charge in [0.2, 0.25) is 0 Å². The Bertz CT molecular complexity index is 963. The predicted molar refractivity (Wildman–Crippen MR) is 114 cm³/mol. The largest absolute Gasteiger partial charge is 0.338 e. The lowest BCUT2D eigenvalue weighted by atomic mass is 9.98. The molecular weight excluding hydrogens is 392 g/mol. The first-order valence-electron chi connectivity index (χ1n) is 9.96. The number of rotatable bonds is 5. The maximum Gasteiger partial charge on any atom is 0.258 e. The molecule has 2 aromatic heterocycles. The Hall–Kier alpha value is -1.92. The number of piperidine rings is 1. The molecule has 3 heterocycles. The van der Waals surface area contributed by atoms with E-state index in [1.54, 1.807) is 16.0 Å². The number of hydrogen-bond donors (Lipinski definition) is 0. The van der Waals surface area contributed by atoms with E-state index in [0.717, 1.165) is 49.3 Å². The van der Waals surface area contributed by atoms with Crippen LogP contribution >= 0.6 is 22.9 Å². The molecule has 4 rings (SSSR count). The summed E-state index contributed by atoms with van der Waals surface area (Å²) in [5, 5.41) is 6.09. The van der Waals surface area contributed by atoms with Gasteiger partial charge in [0.15, 0.2) is 0 Å². The Labute approximate surface area is 174 Å². The second-order valence-electron chi connectivity index (χ2n) is 7.44. The van der Waals surface area contributed by atoms with E-state index in [0.29, 0.717) is 23.0 Å². The first-order valence-corrected chi connectivity index (χ1v) is 11.2. The van der Waals surface area contributed by atoms with E-state index in [2.05, 4.69) is 24.2 Å². The van der Waals surface area contributed by atoms with E-state index in [-0.39, 0.29) is 11.8 Å². The van der Waals surface area contributed by atoms with E-state index in [1.807, 2.05) is 24.0 Å². The van der Waals surface area contributed by atoms with Crippen molar-refractivity contribution in [2.24, 2.45) is 0 Å². The Balaban J connectivity index is 1.54. The minimum atomic E-state index is -0.00365. The number of aryl methyl sites for hydroxylation is 2. The lowest BCUT2D eigenvalue weighted by molar-refractivity contribution is 0.0706. The second kappa shape index (κ2) is 8.21. The van der Waals surface area contributed by atoms with E-state index < -0.39 is 0 Å². The van der Waals surface area contributed by atoms with Crippen LogP contribution in [-0.4, -0.2) is 38.7 Å². The molecule has 0 aliphatic carbocycles. The van der Waals surface area contributed by atoms with Crippen LogP contribution in [0.1, 0.15) is 59.6 Å². The zero-order chi connectivity index (χ0) is 19.7. The molecule has 1 saturated heterocycles. The first kappa shape index (κ1) is 19.4. The molecule has 1 aliphatic rings. The molecule has 1 aromatic carbocycles. The third-order valence-corrected chi connectivity index (χ3v) is 6.95. The zero-order valence-electron chi connectivity index (χ0n) is 16.3. The topological polar surface area (TPSA) is 51.0 Å². The van der Waals surface area contributed by atoms with Gasteiger partial charge >= 0.3 is 0 Å². The molecule has 0 radical (unpaired) electrons. The highest BCUT2D eigenvalue weighted by Crippen LogP contribution is 2.34. The monoisotopic (exact) mass is 416 g/mol. The molecule has 0 saturated carbocycles. The Kier molecular flexibility index (Phi) is 5.69. The third-order valence-electron chi connectivity index (χ3n) is 5.37. The van der Waals surface area contributed by atoms with Crippen LogP contribution in [0.4, 0.5) is 0 Å². The number of para-hydroxylation sites is 1. The molecule has 0 spiro atoms. The number of carbonyl (C=O) groups excluding carboxylic acids is 1. The fraction of sp³-hybridized carbons (Fsp3) is 0.476. The summed E-state index contributed by atoms with van der Waals surface area (Å²) in [7, 11) is 0. The van der Waals surface area contributed by atoms with Gasteiger partial charge in [0, 0.05) is 25.6 Å². The molecule has 1 aliphatic heterocycles. The normalized spacial score (nSPS) is 17.4. The van der Waals surface area contributed by atoms with Gasteiger partial charge in [0.05, 0.1) is 26.5 Å². The fourth-order valence-electron chi connectivity index (χ4n) is 3.84. The lowest BCUT2D eigenvalue weighted by Gasteiger charge is -2.31. The van der Waals surface area contributed by atoms with Crippen molar-refractivity contribution in [3.63, 3.8) is 0 Å². The molecule has 28 heavy (non-hydrogen) atoms. The van der Waals surface area contributed by atoms with Crippen molar-refractivity contribution in [1.82, 2.24) is 19.7 Å². The number of unbranched alkanes of at least 4 members (excludes halogenated alkanes) is 1. The summed E-state index contributed by atoms with van der Waals surface area (Å²) in [6.07, 6.45) is 4.10. The van der Waals surface area contributed by atoms with E-state index in [1.165, 1.54) is 4.70 Å². The molecule has 1 amide bonds. The van der Waals surface area contributed by atoms with Crippen LogP contribution in [0.3, 0.4) is 0 Å². The number of hydrogen-bond acceptors (Lipinski definition) is 4. The maximum absolute atomic E-state index is 13.2. The second-order valence-corrected chi connectivity index (χ2v) is 8.86. The average molecular weight is 417 g/mol. The standard InChI is InChI=1S/C21H25ClN4OS/c1-3-4-12-26-19(22)18(14(2)24-26)21(27)25-11-7-8-15(13-25)20-23-16-9-5-6-10-17(16)28-20/h5-6,9-10,15H,3-4,7-8,11-13H2,1-2H3/t15-/m1/s1. The molecule has 5 nitrogen and oxygen atoms in total. The minimum absolute atomic E-state index is 0.00365. The predicted octanol–water partition coefficient (Wildman–Crippen LogP) is 5.27. The molecule has 148 valence electrons. The van der Waals surface area contributed by atoms with Gasteiger partial charge in [0.1, 0.15) is 5.15 Å². The number of aromatic nitrogens is 3. The highest BCUT2D eigenvalue weighted by atomic mass is 35.5. The van der Waals surface area contributed by atoms with Crippen LogP contribution in [-0.2, 0) is 6.54 Å². The van der Waals surface area contributed by atoms with Crippen molar-refractivity contribution in [2.75, 3.05) is 13.1 Å².